The molecule has 0 bridgehead atoms. The van der Waals surface area contributed by atoms with Gasteiger partial charge in [0.25, 0.3) is 0 Å². The maximum Gasteiger partial charge on any atom is 0.0559 e. The lowest BCUT2D eigenvalue weighted by Gasteiger charge is -1.84. The largest absolute Gasteiger partial charge is 0.395 e. The van der Waals surface area contributed by atoms with Gasteiger partial charge in [0.2, 0.25) is 0 Å². The van der Waals surface area contributed by atoms with Crippen LogP contribution < -0.4 is 5.09 Å². The van der Waals surface area contributed by atoms with Crippen molar-refractivity contribution >= 4 is 9.39 Å². The van der Waals surface area contributed by atoms with Gasteiger partial charge in [-0.1, -0.05) is 23.2 Å². The van der Waals surface area contributed by atoms with Crippen molar-refractivity contribution in [3.8, 4) is 0 Å². The van der Waals surface area contributed by atoms with Gasteiger partial charge in [-0.25, -0.2) is 0 Å². The second-order valence-corrected chi connectivity index (χ2v) is 1.09. The Kier molecular flexibility index (Phi) is 24.0. The molecule has 2 nitrogen and oxygen atoms in total. The summed E-state index contributed by atoms with van der Waals surface area (Å²) in [4.78, 5) is 0. The van der Waals surface area contributed by atoms with Gasteiger partial charge in [-0.3, -0.25) is 5.09 Å². The van der Waals surface area contributed by atoms with Gasteiger partial charge in [-0.05, 0) is 0 Å². The fraction of sp³-hybridized carbons (Fsp3) is 1.00. The topological polar surface area (TPSA) is 32.3 Å². The third-order valence-corrected chi connectivity index (χ3v) is 0.545. The molecule has 0 radical (unpaired) electrons. The SMILES string of the molecule is CC.OCCNP. The van der Waals surface area contributed by atoms with Crippen molar-refractivity contribution in [2.45, 2.75) is 13.8 Å². The van der Waals surface area contributed by atoms with Crippen molar-refractivity contribution in [1.82, 2.24) is 5.09 Å². The van der Waals surface area contributed by atoms with E-state index in [1.165, 1.54) is 0 Å². The highest BCUT2D eigenvalue weighted by Crippen LogP contribution is 1.61. The van der Waals surface area contributed by atoms with E-state index in [9.17, 15) is 0 Å². The molecule has 0 spiro atoms. The second kappa shape index (κ2) is 16.2. The van der Waals surface area contributed by atoms with Gasteiger partial charge >= 0.3 is 0 Å². The monoisotopic (exact) mass is 123 g/mol. The molecule has 3 heteroatoms. The van der Waals surface area contributed by atoms with E-state index in [0.717, 1.165) is 0 Å². The highest BCUT2D eigenvalue weighted by atomic mass is 31.0. The number of rotatable bonds is 2. The Labute approximate surface area is 47.6 Å². The average Bonchev–Trinajstić information content (AvgIpc) is 1.75. The van der Waals surface area contributed by atoms with Crippen LogP contribution in [0.1, 0.15) is 13.8 Å². The molecule has 0 aliphatic heterocycles. The fourth-order valence-electron chi connectivity index (χ4n) is 0.0645. The first-order valence-electron chi connectivity index (χ1n) is 2.46. The molecule has 0 saturated carbocycles. The molecule has 1 atom stereocenters. The molecular weight excluding hydrogens is 109 g/mol. The zero-order chi connectivity index (χ0) is 6.12. The molecule has 0 amide bonds. The first kappa shape index (κ1) is 10.4. The van der Waals surface area contributed by atoms with E-state index in [4.69, 9.17) is 5.11 Å². The Morgan fingerprint density at radius 2 is 2.00 bits per heavy atom. The molecule has 0 aromatic rings. The second-order valence-electron chi connectivity index (χ2n) is 0.678. The molecule has 0 fully saturated rings. The predicted molar refractivity (Wildman–Crippen MR) is 36.1 cm³/mol. The van der Waals surface area contributed by atoms with Crippen LogP contribution in [0.3, 0.4) is 0 Å². The van der Waals surface area contributed by atoms with E-state index in [0.29, 0.717) is 6.54 Å². The minimum atomic E-state index is 0.212. The summed E-state index contributed by atoms with van der Waals surface area (Å²) in [7, 11) is 2.29. The number of hydrogen-bond donors (Lipinski definition) is 2. The van der Waals surface area contributed by atoms with Crippen LogP contribution in [0.4, 0.5) is 0 Å². The summed E-state index contributed by atoms with van der Waals surface area (Å²) in [5.41, 5.74) is 0. The van der Waals surface area contributed by atoms with Crippen molar-refractivity contribution in [1.29, 1.82) is 0 Å². The van der Waals surface area contributed by atoms with E-state index >= 15 is 0 Å². The summed E-state index contributed by atoms with van der Waals surface area (Å²) >= 11 is 0. The van der Waals surface area contributed by atoms with Crippen LogP contribution in [0.2, 0.25) is 0 Å². The van der Waals surface area contributed by atoms with Gasteiger partial charge in [0.05, 0.1) is 6.61 Å². The lowest BCUT2D eigenvalue weighted by Crippen LogP contribution is -2.03. The van der Waals surface area contributed by atoms with Gasteiger partial charge in [0, 0.05) is 6.54 Å². The maximum absolute atomic E-state index is 7.99. The molecule has 0 rings (SSSR count). The van der Waals surface area contributed by atoms with Gasteiger partial charge in [0.15, 0.2) is 0 Å². The average molecular weight is 123 g/mol. The summed E-state index contributed by atoms with van der Waals surface area (Å²) in [6, 6.07) is 0. The molecule has 0 aromatic heterocycles. The summed E-state index contributed by atoms with van der Waals surface area (Å²) in [6.07, 6.45) is 0. The van der Waals surface area contributed by atoms with Crippen molar-refractivity contribution in [3.05, 3.63) is 0 Å². The fourth-order valence-corrected chi connectivity index (χ4v) is 0.194. The van der Waals surface area contributed by atoms with E-state index in [2.05, 4.69) is 14.5 Å². The Hall–Kier alpha value is 0.350. The predicted octanol–water partition coefficient (Wildman–Crippen LogP) is 0.385. The lowest BCUT2D eigenvalue weighted by atomic mass is 10.8. The van der Waals surface area contributed by atoms with Crippen molar-refractivity contribution in [3.63, 3.8) is 0 Å². The minimum Gasteiger partial charge on any atom is -0.395 e. The zero-order valence-corrected chi connectivity index (χ0v) is 6.09. The molecule has 46 valence electrons. The van der Waals surface area contributed by atoms with Gasteiger partial charge in [-0.15, -0.1) is 0 Å². The Morgan fingerprint density at radius 3 is 2.00 bits per heavy atom. The summed E-state index contributed by atoms with van der Waals surface area (Å²) in [6.45, 7) is 4.87. The highest BCUT2D eigenvalue weighted by molar-refractivity contribution is 7.13. The first-order chi connectivity index (χ1) is 3.41. The van der Waals surface area contributed by atoms with E-state index in [1.807, 2.05) is 13.8 Å². The van der Waals surface area contributed by atoms with Gasteiger partial charge < -0.3 is 5.11 Å². The molecule has 0 heterocycles. The van der Waals surface area contributed by atoms with Crippen LogP contribution in [0, 0.1) is 0 Å². The Morgan fingerprint density at radius 1 is 1.57 bits per heavy atom. The zero-order valence-electron chi connectivity index (χ0n) is 4.94. The minimum absolute atomic E-state index is 0.212. The van der Waals surface area contributed by atoms with Crippen LogP contribution in [0.15, 0.2) is 0 Å². The maximum atomic E-state index is 7.99. The smallest absolute Gasteiger partial charge is 0.0559 e. The van der Waals surface area contributed by atoms with Crippen LogP contribution in [-0.2, 0) is 0 Å². The molecule has 1 unspecified atom stereocenters. The van der Waals surface area contributed by atoms with E-state index in [1.54, 1.807) is 0 Å². The van der Waals surface area contributed by atoms with Crippen LogP contribution in [0.25, 0.3) is 0 Å². The molecule has 2 N–H and O–H groups in total. The number of nitrogens with one attached hydrogen (secondary N) is 1. The van der Waals surface area contributed by atoms with Crippen molar-refractivity contribution < 1.29 is 5.11 Å². The Bertz CT molecular complexity index is 19.2. The van der Waals surface area contributed by atoms with E-state index < -0.39 is 0 Å². The molecule has 0 aromatic carbocycles. The molecule has 0 saturated heterocycles. The van der Waals surface area contributed by atoms with Crippen LogP contribution in [-0.4, -0.2) is 18.3 Å². The molecule has 7 heavy (non-hydrogen) atoms. The first-order valence-corrected chi connectivity index (χ1v) is 3.04. The Balaban J connectivity index is 0. The standard InChI is InChI=1S/C2H8NOP.C2H6/c4-2-1-3-5;1-2/h3-4H,1-2,5H2;1-2H3. The van der Waals surface area contributed by atoms with Crippen molar-refractivity contribution in [2.75, 3.05) is 13.2 Å². The molecular formula is C4H14NOP. The van der Waals surface area contributed by atoms with Gasteiger partial charge in [-0.2, -0.15) is 0 Å². The van der Waals surface area contributed by atoms with Crippen LogP contribution >= 0.6 is 9.39 Å². The number of aliphatic hydroxyl groups is 1. The van der Waals surface area contributed by atoms with Crippen molar-refractivity contribution in [2.24, 2.45) is 0 Å². The highest BCUT2D eigenvalue weighted by Gasteiger charge is 1.65. The summed E-state index contributed by atoms with van der Waals surface area (Å²) in [5, 5.41) is 10.7. The quantitative estimate of drug-likeness (QED) is 0.520. The molecule has 0 aliphatic rings. The lowest BCUT2D eigenvalue weighted by molar-refractivity contribution is 0.302. The van der Waals surface area contributed by atoms with Gasteiger partial charge in [0.1, 0.15) is 0 Å². The summed E-state index contributed by atoms with van der Waals surface area (Å²) in [5.74, 6) is 0. The molecule has 0 aliphatic carbocycles. The van der Waals surface area contributed by atoms with Crippen LogP contribution in [0.5, 0.6) is 0 Å². The third-order valence-electron chi connectivity index (χ3n) is 0.256. The third kappa shape index (κ3) is 21.8. The summed E-state index contributed by atoms with van der Waals surface area (Å²) < 4.78 is 0. The van der Waals surface area contributed by atoms with E-state index in [-0.39, 0.29) is 6.61 Å². The normalized spacial score (nSPS) is 6.86. The number of hydrogen-bond acceptors (Lipinski definition) is 2. The number of aliphatic hydroxyl groups excluding tert-OH is 1.